The highest BCUT2D eigenvalue weighted by molar-refractivity contribution is 5.82. The Labute approximate surface area is 75.0 Å². The number of hydrogen-bond acceptors (Lipinski definition) is 5. The minimum atomic E-state index is -0.474. The molecule has 0 bridgehead atoms. The Morgan fingerprint density at radius 1 is 1.77 bits per heavy atom. The Kier molecular flexibility index (Phi) is 3.02. The fraction of sp³-hybridized carbons (Fsp3) is 0.286. The maximum atomic E-state index is 10.7. The van der Waals surface area contributed by atoms with Crippen molar-refractivity contribution in [2.24, 2.45) is 5.73 Å². The third-order valence-electron chi connectivity index (χ3n) is 1.32. The summed E-state index contributed by atoms with van der Waals surface area (Å²) in [7, 11) is 1.29. The summed E-state index contributed by atoms with van der Waals surface area (Å²) in [5.41, 5.74) is 5.89. The maximum absolute atomic E-state index is 10.7. The molecule has 0 aliphatic carbocycles. The number of rotatable bonds is 3. The summed E-state index contributed by atoms with van der Waals surface area (Å²) in [6.07, 6.45) is 4.12. The van der Waals surface area contributed by atoms with Crippen LogP contribution in [0, 0.1) is 0 Å². The van der Waals surface area contributed by atoms with E-state index in [1.807, 2.05) is 0 Å². The van der Waals surface area contributed by atoms with Crippen LogP contribution in [0.3, 0.4) is 0 Å². The summed E-state index contributed by atoms with van der Waals surface area (Å²) >= 11 is 0. The number of methoxy groups -OCH3 is 1. The molecule has 6 heteroatoms. The third-order valence-corrected chi connectivity index (χ3v) is 1.32. The molecule has 0 aromatic carbocycles. The molecule has 6 nitrogen and oxygen atoms in total. The lowest BCUT2D eigenvalue weighted by Crippen LogP contribution is -2.11. The van der Waals surface area contributed by atoms with Crippen LogP contribution in [0.2, 0.25) is 0 Å². The molecule has 1 rings (SSSR count). The summed E-state index contributed by atoms with van der Waals surface area (Å²) < 4.78 is 5.91. The summed E-state index contributed by atoms with van der Waals surface area (Å²) in [6, 6.07) is 0. The first-order chi connectivity index (χ1) is 6.22. The maximum Gasteiger partial charge on any atom is 0.332 e. The second-order valence-corrected chi connectivity index (χ2v) is 2.34. The smallest absolute Gasteiger partial charge is 0.332 e. The van der Waals surface area contributed by atoms with Gasteiger partial charge >= 0.3 is 5.97 Å². The summed E-state index contributed by atoms with van der Waals surface area (Å²) in [4.78, 5) is 14.5. The Morgan fingerprint density at radius 2 is 2.54 bits per heavy atom. The van der Waals surface area contributed by atoms with E-state index in [4.69, 9.17) is 5.73 Å². The molecule has 0 saturated carbocycles. The van der Waals surface area contributed by atoms with E-state index in [9.17, 15) is 4.79 Å². The number of ether oxygens (including phenoxy) is 1. The normalized spacial score (nSPS) is 11.3. The van der Waals surface area contributed by atoms with Gasteiger partial charge in [0.2, 0.25) is 0 Å². The first-order valence-corrected chi connectivity index (χ1v) is 3.59. The SMILES string of the molecule is COC(=O)/C=C(\N)Cn1cncn1. The van der Waals surface area contributed by atoms with Crippen LogP contribution >= 0.6 is 0 Å². The Bertz CT molecular complexity index is 304. The van der Waals surface area contributed by atoms with E-state index in [0.717, 1.165) is 0 Å². The molecule has 0 fully saturated rings. The van der Waals surface area contributed by atoms with Crippen molar-refractivity contribution in [3.8, 4) is 0 Å². The lowest BCUT2D eigenvalue weighted by molar-refractivity contribution is -0.134. The second-order valence-electron chi connectivity index (χ2n) is 2.34. The average Bonchev–Trinajstić information content (AvgIpc) is 2.56. The van der Waals surface area contributed by atoms with Crippen LogP contribution in [-0.4, -0.2) is 27.8 Å². The van der Waals surface area contributed by atoms with Gasteiger partial charge in [0.25, 0.3) is 0 Å². The van der Waals surface area contributed by atoms with Crippen molar-refractivity contribution in [3.05, 3.63) is 24.4 Å². The van der Waals surface area contributed by atoms with E-state index in [0.29, 0.717) is 12.2 Å². The quantitative estimate of drug-likeness (QED) is 0.493. The zero-order chi connectivity index (χ0) is 9.68. The first kappa shape index (κ1) is 9.24. The molecule has 1 aromatic heterocycles. The van der Waals surface area contributed by atoms with E-state index < -0.39 is 5.97 Å². The second kappa shape index (κ2) is 4.24. The number of aromatic nitrogens is 3. The molecule has 0 atom stereocenters. The van der Waals surface area contributed by atoms with Gasteiger partial charge in [0, 0.05) is 11.8 Å². The van der Waals surface area contributed by atoms with Crippen LogP contribution in [0.25, 0.3) is 0 Å². The van der Waals surface area contributed by atoms with Crippen molar-refractivity contribution < 1.29 is 9.53 Å². The van der Waals surface area contributed by atoms with Gasteiger partial charge in [0.05, 0.1) is 13.7 Å². The largest absolute Gasteiger partial charge is 0.466 e. The fourth-order valence-corrected chi connectivity index (χ4v) is 0.757. The van der Waals surface area contributed by atoms with E-state index in [1.165, 1.54) is 30.5 Å². The standard InChI is InChI=1S/C7H10N4O2/c1-13-7(12)2-6(8)3-11-5-9-4-10-11/h2,4-5H,3,8H2,1H3/b6-2-. The van der Waals surface area contributed by atoms with E-state index in [1.54, 1.807) is 0 Å². The van der Waals surface area contributed by atoms with Crippen LogP contribution in [0.5, 0.6) is 0 Å². The summed E-state index contributed by atoms with van der Waals surface area (Å²) in [6.45, 7) is 0.328. The molecule has 1 heterocycles. The molecule has 0 amide bonds. The zero-order valence-electron chi connectivity index (χ0n) is 7.17. The van der Waals surface area contributed by atoms with Gasteiger partial charge in [0.15, 0.2) is 0 Å². The molecule has 0 saturated heterocycles. The Hall–Kier alpha value is -1.85. The fourth-order valence-electron chi connectivity index (χ4n) is 0.757. The lowest BCUT2D eigenvalue weighted by Gasteiger charge is -1.99. The number of carbonyl (C=O) groups excluding carboxylic acids is 1. The van der Waals surface area contributed by atoms with E-state index in [2.05, 4.69) is 14.8 Å². The monoisotopic (exact) mass is 182 g/mol. The first-order valence-electron chi connectivity index (χ1n) is 3.59. The molecular weight excluding hydrogens is 172 g/mol. The summed E-state index contributed by atoms with van der Waals surface area (Å²) in [5.74, 6) is -0.474. The van der Waals surface area contributed by atoms with Crippen molar-refractivity contribution >= 4 is 5.97 Å². The van der Waals surface area contributed by atoms with Gasteiger partial charge in [-0.15, -0.1) is 0 Å². The molecule has 0 radical (unpaired) electrons. The predicted octanol–water partition coefficient (Wildman–Crippen LogP) is -0.706. The molecule has 0 unspecified atom stereocenters. The van der Waals surface area contributed by atoms with Gasteiger partial charge in [0.1, 0.15) is 12.7 Å². The highest BCUT2D eigenvalue weighted by Gasteiger charge is 1.98. The van der Waals surface area contributed by atoms with Gasteiger partial charge in [-0.1, -0.05) is 0 Å². The van der Waals surface area contributed by atoms with Gasteiger partial charge < -0.3 is 10.5 Å². The average molecular weight is 182 g/mol. The highest BCUT2D eigenvalue weighted by atomic mass is 16.5. The molecular formula is C7H10N4O2. The molecule has 0 aliphatic rings. The Morgan fingerprint density at radius 3 is 3.08 bits per heavy atom. The number of carbonyl (C=O) groups is 1. The van der Waals surface area contributed by atoms with Crippen molar-refractivity contribution in [2.45, 2.75) is 6.54 Å². The number of hydrogen-bond donors (Lipinski definition) is 1. The molecule has 70 valence electrons. The van der Waals surface area contributed by atoms with Crippen LogP contribution in [-0.2, 0) is 16.1 Å². The predicted molar refractivity (Wildman–Crippen MR) is 44.3 cm³/mol. The van der Waals surface area contributed by atoms with Crippen LogP contribution in [0.15, 0.2) is 24.4 Å². The van der Waals surface area contributed by atoms with Gasteiger partial charge in [-0.2, -0.15) is 5.10 Å². The number of nitrogens with two attached hydrogens (primary N) is 1. The topological polar surface area (TPSA) is 83.0 Å². The third kappa shape index (κ3) is 2.94. The number of nitrogens with zero attached hydrogens (tertiary/aromatic N) is 3. The molecule has 0 aliphatic heterocycles. The van der Waals surface area contributed by atoms with Crippen molar-refractivity contribution in [2.75, 3.05) is 7.11 Å². The van der Waals surface area contributed by atoms with Gasteiger partial charge in [-0.05, 0) is 0 Å². The zero-order valence-corrected chi connectivity index (χ0v) is 7.17. The van der Waals surface area contributed by atoms with E-state index in [-0.39, 0.29) is 0 Å². The van der Waals surface area contributed by atoms with Gasteiger partial charge in [-0.3, -0.25) is 0 Å². The lowest BCUT2D eigenvalue weighted by atomic mass is 10.4. The van der Waals surface area contributed by atoms with Crippen LogP contribution in [0.1, 0.15) is 0 Å². The Balaban J connectivity index is 2.55. The van der Waals surface area contributed by atoms with Crippen molar-refractivity contribution in [1.82, 2.24) is 14.8 Å². The van der Waals surface area contributed by atoms with Crippen molar-refractivity contribution in [3.63, 3.8) is 0 Å². The minimum absolute atomic E-state index is 0.328. The molecule has 2 N–H and O–H groups in total. The summed E-state index contributed by atoms with van der Waals surface area (Å²) in [5, 5.41) is 3.82. The molecule has 0 spiro atoms. The van der Waals surface area contributed by atoms with Crippen molar-refractivity contribution in [1.29, 1.82) is 0 Å². The van der Waals surface area contributed by atoms with Crippen LogP contribution in [0.4, 0.5) is 0 Å². The molecule has 1 aromatic rings. The number of allylic oxidation sites excluding steroid dienone is 1. The number of esters is 1. The minimum Gasteiger partial charge on any atom is -0.466 e. The highest BCUT2D eigenvalue weighted by Crippen LogP contribution is 1.90. The van der Waals surface area contributed by atoms with Crippen LogP contribution < -0.4 is 5.73 Å². The molecule has 13 heavy (non-hydrogen) atoms. The van der Waals surface area contributed by atoms with Gasteiger partial charge in [-0.25, -0.2) is 14.5 Å². The van der Waals surface area contributed by atoms with E-state index >= 15 is 0 Å².